The molecule has 5 rings (SSSR count). The summed E-state index contributed by atoms with van der Waals surface area (Å²) in [5, 5.41) is 21.6. The lowest BCUT2D eigenvalue weighted by atomic mass is 9.46. The maximum atomic E-state index is 12.6. The number of ether oxygens (including phenoxy) is 2. The zero-order valence-electron chi connectivity index (χ0n) is 21.9. The van der Waals surface area contributed by atoms with Gasteiger partial charge in [-0.2, -0.15) is 0 Å². The van der Waals surface area contributed by atoms with Gasteiger partial charge >= 0.3 is 11.9 Å². The van der Waals surface area contributed by atoms with Crippen LogP contribution in [-0.4, -0.2) is 46.6 Å². The first-order chi connectivity index (χ1) is 16.6. The number of hydrogen-bond donors (Lipinski definition) is 2. The Kier molecular flexibility index (Phi) is 7.02. The van der Waals surface area contributed by atoms with Crippen molar-refractivity contribution >= 4 is 11.9 Å². The van der Waals surface area contributed by atoms with Gasteiger partial charge in [-0.1, -0.05) is 13.8 Å². The number of cyclic esters (lactones) is 1. The molecule has 4 aliphatic carbocycles. The number of hydrogen-bond acceptors (Lipinski definition) is 6. The van der Waals surface area contributed by atoms with E-state index in [1.54, 1.807) is 0 Å². The summed E-state index contributed by atoms with van der Waals surface area (Å²) < 4.78 is 10.7. The maximum Gasteiger partial charge on any atom is 0.309 e. The summed E-state index contributed by atoms with van der Waals surface area (Å²) in [5.41, 5.74) is -0.462. The van der Waals surface area contributed by atoms with Crippen LogP contribution in [0.4, 0.5) is 0 Å². The Hall–Kier alpha value is -1.14. The molecule has 6 nitrogen and oxygen atoms in total. The highest BCUT2D eigenvalue weighted by Crippen LogP contribution is 2.64. The molecule has 0 aromatic rings. The number of fused-ring (bicyclic) bond motifs is 5. The predicted octanol–water partition coefficient (Wildman–Crippen LogP) is 4.64. The van der Waals surface area contributed by atoms with Gasteiger partial charge in [-0.15, -0.1) is 0 Å². The first-order valence-electron chi connectivity index (χ1n) is 14.3. The first-order valence-corrected chi connectivity index (χ1v) is 14.3. The van der Waals surface area contributed by atoms with Crippen LogP contribution in [0, 0.1) is 46.8 Å². The van der Waals surface area contributed by atoms with E-state index in [0.717, 1.165) is 32.1 Å². The highest BCUT2D eigenvalue weighted by Gasteiger charge is 2.59. The summed E-state index contributed by atoms with van der Waals surface area (Å²) in [4.78, 5) is 24.3. The molecule has 2 N–H and O–H groups in total. The fourth-order valence-electron chi connectivity index (χ4n) is 9.43. The van der Waals surface area contributed by atoms with Crippen molar-refractivity contribution in [3.8, 4) is 0 Å². The lowest BCUT2D eigenvalue weighted by molar-refractivity contribution is -0.175. The molecule has 0 radical (unpaired) electrons. The zero-order chi connectivity index (χ0) is 25.0. The van der Waals surface area contributed by atoms with E-state index >= 15 is 0 Å². The highest BCUT2D eigenvalue weighted by atomic mass is 16.6. The molecule has 198 valence electrons. The third-order valence-corrected chi connectivity index (χ3v) is 11.3. The van der Waals surface area contributed by atoms with Gasteiger partial charge in [-0.25, -0.2) is 0 Å². The Morgan fingerprint density at radius 1 is 1.09 bits per heavy atom. The fraction of sp³-hybridized carbons (Fsp3) is 0.931. The Labute approximate surface area is 210 Å². The predicted molar refractivity (Wildman–Crippen MR) is 131 cm³/mol. The van der Waals surface area contributed by atoms with Crippen molar-refractivity contribution in [2.75, 3.05) is 6.61 Å². The van der Waals surface area contributed by atoms with Gasteiger partial charge in [0.2, 0.25) is 0 Å². The van der Waals surface area contributed by atoms with E-state index in [0.29, 0.717) is 60.9 Å². The number of carbonyl (C=O) groups is 2. The second kappa shape index (κ2) is 9.63. The molecule has 1 saturated heterocycles. The van der Waals surface area contributed by atoms with Crippen molar-refractivity contribution in [1.29, 1.82) is 0 Å². The molecule has 5 fully saturated rings. The molecule has 0 aromatic carbocycles. The van der Waals surface area contributed by atoms with Crippen LogP contribution in [0.25, 0.3) is 0 Å². The minimum Gasteiger partial charge on any atom is -0.465 e. The summed E-state index contributed by atoms with van der Waals surface area (Å²) in [6.07, 6.45) is 10.1. The monoisotopic (exact) mass is 490 g/mol. The van der Waals surface area contributed by atoms with Crippen molar-refractivity contribution < 1.29 is 29.3 Å². The number of aliphatic hydroxyl groups is 2. The molecule has 35 heavy (non-hydrogen) atoms. The van der Waals surface area contributed by atoms with Crippen LogP contribution >= 0.6 is 0 Å². The van der Waals surface area contributed by atoms with Crippen LogP contribution in [0.15, 0.2) is 0 Å². The third kappa shape index (κ3) is 4.79. The van der Waals surface area contributed by atoms with E-state index < -0.39 is 5.60 Å². The largest absolute Gasteiger partial charge is 0.465 e. The van der Waals surface area contributed by atoms with E-state index in [4.69, 9.17) is 9.47 Å². The minimum absolute atomic E-state index is 0.143. The van der Waals surface area contributed by atoms with Gasteiger partial charge in [0.25, 0.3) is 0 Å². The average Bonchev–Trinajstić information content (AvgIpc) is 3.22. The van der Waals surface area contributed by atoms with Crippen molar-refractivity contribution in [2.24, 2.45) is 46.8 Å². The molecule has 0 aromatic heterocycles. The lowest BCUT2D eigenvalue weighted by Crippen LogP contribution is -2.56. The molecule has 1 aliphatic heterocycles. The van der Waals surface area contributed by atoms with Gasteiger partial charge in [-0.05, 0) is 112 Å². The SMILES string of the molecule is CC(CCC(=O)OC1(C)CCOC(=O)C1)C1CCC2C1CCC1C2C(O)CC2CC(O)CCC21C. The Bertz CT molecular complexity index is 813. The number of esters is 2. The van der Waals surface area contributed by atoms with Crippen molar-refractivity contribution in [2.45, 2.75) is 116 Å². The Balaban J connectivity index is 1.18. The minimum atomic E-state index is -0.729. The van der Waals surface area contributed by atoms with Crippen molar-refractivity contribution in [3.05, 3.63) is 0 Å². The molecule has 11 atom stereocenters. The number of rotatable bonds is 5. The topological polar surface area (TPSA) is 93.1 Å². The molecule has 5 aliphatic rings. The van der Waals surface area contributed by atoms with Gasteiger partial charge in [0, 0.05) is 12.8 Å². The summed E-state index contributed by atoms with van der Waals surface area (Å²) >= 11 is 0. The van der Waals surface area contributed by atoms with Gasteiger partial charge in [-0.3, -0.25) is 9.59 Å². The van der Waals surface area contributed by atoms with Gasteiger partial charge in [0.05, 0.1) is 25.2 Å². The molecule has 1 heterocycles. The quantitative estimate of drug-likeness (QED) is 0.545. The Morgan fingerprint density at radius 2 is 1.86 bits per heavy atom. The normalized spacial score (nSPS) is 48.2. The fourth-order valence-corrected chi connectivity index (χ4v) is 9.43. The van der Waals surface area contributed by atoms with Gasteiger partial charge in [0.15, 0.2) is 0 Å². The van der Waals surface area contributed by atoms with Gasteiger partial charge in [0.1, 0.15) is 5.60 Å². The average molecular weight is 491 g/mol. The standard InChI is InChI=1S/C29H46O6/c1-17(4-9-25(32)35-28(2)12-13-34-26(33)16-28)20-5-6-22-21(20)7-8-23-27(22)24(31)15-18-14-19(30)10-11-29(18,23)3/h17-24,27,30-31H,4-16H2,1-3H3. The second-order valence-electron chi connectivity index (χ2n) is 13.4. The summed E-state index contributed by atoms with van der Waals surface area (Å²) in [5.74, 6) is 3.25. The van der Waals surface area contributed by atoms with Crippen LogP contribution in [0.2, 0.25) is 0 Å². The third-order valence-electron chi connectivity index (χ3n) is 11.3. The molecular weight excluding hydrogens is 444 g/mol. The van der Waals surface area contributed by atoms with Crippen LogP contribution < -0.4 is 0 Å². The Morgan fingerprint density at radius 3 is 2.63 bits per heavy atom. The van der Waals surface area contributed by atoms with E-state index in [1.165, 1.54) is 25.7 Å². The van der Waals surface area contributed by atoms with Crippen LogP contribution in [0.3, 0.4) is 0 Å². The molecule has 4 saturated carbocycles. The highest BCUT2D eigenvalue weighted by molar-refractivity contribution is 5.74. The molecular formula is C29H46O6. The van der Waals surface area contributed by atoms with Gasteiger partial charge < -0.3 is 19.7 Å². The van der Waals surface area contributed by atoms with Crippen LogP contribution in [-0.2, 0) is 19.1 Å². The second-order valence-corrected chi connectivity index (χ2v) is 13.4. The van der Waals surface area contributed by atoms with Crippen molar-refractivity contribution in [3.63, 3.8) is 0 Å². The number of carbonyl (C=O) groups excluding carboxylic acids is 2. The number of aliphatic hydroxyl groups excluding tert-OH is 2. The van der Waals surface area contributed by atoms with Crippen molar-refractivity contribution in [1.82, 2.24) is 0 Å². The van der Waals surface area contributed by atoms with E-state index in [2.05, 4.69) is 13.8 Å². The molecule has 11 unspecified atom stereocenters. The lowest BCUT2D eigenvalue weighted by Gasteiger charge is -2.60. The molecule has 6 heteroatoms. The van der Waals surface area contributed by atoms with Crippen LogP contribution in [0.1, 0.15) is 97.8 Å². The molecule has 0 bridgehead atoms. The van der Waals surface area contributed by atoms with E-state index in [1.807, 2.05) is 6.92 Å². The zero-order valence-corrected chi connectivity index (χ0v) is 21.9. The summed E-state index contributed by atoms with van der Waals surface area (Å²) in [6, 6.07) is 0. The molecule has 0 amide bonds. The smallest absolute Gasteiger partial charge is 0.309 e. The van der Waals surface area contributed by atoms with Crippen LogP contribution in [0.5, 0.6) is 0 Å². The summed E-state index contributed by atoms with van der Waals surface area (Å²) in [7, 11) is 0. The molecule has 0 spiro atoms. The van der Waals surface area contributed by atoms with E-state index in [-0.39, 0.29) is 36.0 Å². The summed E-state index contributed by atoms with van der Waals surface area (Å²) in [6.45, 7) is 6.91. The van der Waals surface area contributed by atoms with E-state index in [9.17, 15) is 19.8 Å². The first kappa shape index (κ1) is 25.5. The maximum absolute atomic E-state index is 12.6.